The van der Waals surface area contributed by atoms with Gasteiger partial charge in [-0.1, -0.05) is 16.9 Å². The largest absolute Gasteiger partial charge is 0.433 e. The van der Waals surface area contributed by atoms with E-state index in [9.17, 15) is 4.79 Å². The summed E-state index contributed by atoms with van der Waals surface area (Å²) in [4.78, 5) is 19.8. The molecule has 0 spiro atoms. The molecule has 1 aromatic rings. The van der Waals surface area contributed by atoms with E-state index in [1.54, 1.807) is 24.2 Å². The molecule has 1 amide bonds. The van der Waals surface area contributed by atoms with Crippen LogP contribution in [0.2, 0.25) is 0 Å². The van der Waals surface area contributed by atoms with Crippen LogP contribution in [-0.2, 0) is 4.84 Å². The van der Waals surface area contributed by atoms with E-state index in [1.807, 2.05) is 18.4 Å². The van der Waals surface area contributed by atoms with Crippen LogP contribution >= 0.6 is 11.8 Å². The van der Waals surface area contributed by atoms with E-state index < -0.39 is 6.09 Å². The van der Waals surface area contributed by atoms with Crippen LogP contribution in [0.1, 0.15) is 13.8 Å². The Balaban J connectivity index is 2.28. The van der Waals surface area contributed by atoms with Crippen LogP contribution < -0.4 is 5.32 Å². The van der Waals surface area contributed by atoms with Crippen molar-refractivity contribution in [2.24, 2.45) is 5.16 Å². The number of oxime groups is 1. The van der Waals surface area contributed by atoms with Crippen molar-refractivity contribution < 1.29 is 9.63 Å². The topological polar surface area (TPSA) is 68.5 Å². The minimum atomic E-state index is -0.582. The monoisotopic (exact) mass is 240 g/mol. The summed E-state index contributed by atoms with van der Waals surface area (Å²) in [6, 6.07) is 0. The second kappa shape index (κ2) is 3.82. The summed E-state index contributed by atoms with van der Waals surface area (Å²) < 4.78 is 1.56. The SMILES string of the molecule is CNC(=O)ON=C1n2ccnc2SC1(C)C. The Morgan fingerprint density at radius 3 is 3.12 bits per heavy atom. The predicted octanol–water partition coefficient (Wildman–Crippen LogP) is 1.28. The lowest BCUT2D eigenvalue weighted by molar-refractivity contribution is 0.152. The van der Waals surface area contributed by atoms with Crippen molar-refractivity contribution in [2.45, 2.75) is 23.8 Å². The number of nitrogens with zero attached hydrogens (tertiary/aromatic N) is 3. The minimum absolute atomic E-state index is 0.252. The zero-order chi connectivity index (χ0) is 11.8. The summed E-state index contributed by atoms with van der Waals surface area (Å²) in [5.41, 5.74) is 0. The molecular formula is C9H12N4O2S. The van der Waals surface area contributed by atoms with E-state index in [2.05, 4.69) is 15.5 Å². The first kappa shape index (κ1) is 11.0. The number of hydrogen-bond acceptors (Lipinski definition) is 5. The number of nitrogens with one attached hydrogen (secondary N) is 1. The minimum Gasteiger partial charge on any atom is -0.323 e. The molecule has 0 unspecified atom stereocenters. The molecule has 2 heterocycles. The van der Waals surface area contributed by atoms with Crippen molar-refractivity contribution in [3.63, 3.8) is 0 Å². The van der Waals surface area contributed by atoms with Crippen LogP contribution in [-0.4, -0.2) is 33.3 Å². The Labute approximate surface area is 97.1 Å². The molecule has 0 aliphatic carbocycles. The van der Waals surface area contributed by atoms with Crippen molar-refractivity contribution in [1.82, 2.24) is 14.9 Å². The Bertz CT molecular complexity index is 452. The second-order valence-electron chi connectivity index (χ2n) is 3.74. The maximum absolute atomic E-state index is 11.0. The molecule has 0 radical (unpaired) electrons. The number of carbonyl (C=O) groups is 1. The van der Waals surface area contributed by atoms with Crippen molar-refractivity contribution in [3.8, 4) is 0 Å². The lowest BCUT2D eigenvalue weighted by Gasteiger charge is -2.15. The normalized spacial score (nSPS) is 19.6. The van der Waals surface area contributed by atoms with Crippen LogP contribution in [0.15, 0.2) is 22.7 Å². The van der Waals surface area contributed by atoms with Crippen molar-refractivity contribution >= 4 is 23.7 Å². The third-order valence-corrected chi connectivity index (χ3v) is 3.32. The number of rotatable bonds is 1. The van der Waals surface area contributed by atoms with Gasteiger partial charge in [-0.2, -0.15) is 0 Å². The Kier molecular flexibility index (Phi) is 2.63. The highest BCUT2D eigenvalue weighted by molar-refractivity contribution is 8.01. The smallest absolute Gasteiger partial charge is 0.323 e. The highest BCUT2D eigenvalue weighted by Crippen LogP contribution is 2.39. The first-order chi connectivity index (χ1) is 7.54. The molecule has 1 aromatic heterocycles. The fourth-order valence-corrected chi connectivity index (χ4v) is 2.42. The van der Waals surface area contributed by atoms with E-state index >= 15 is 0 Å². The third-order valence-electron chi connectivity index (χ3n) is 2.14. The summed E-state index contributed by atoms with van der Waals surface area (Å²) >= 11 is 1.58. The van der Waals surface area contributed by atoms with Crippen molar-refractivity contribution in [3.05, 3.63) is 12.4 Å². The molecule has 0 bridgehead atoms. The average Bonchev–Trinajstić information content (AvgIpc) is 2.72. The molecular weight excluding hydrogens is 228 g/mol. The molecule has 0 fully saturated rings. The number of aromatic nitrogens is 2. The Morgan fingerprint density at radius 2 is 2.44 bits per heavy atom. The lowest BCUT2D eigenvalue weighted by Crippen LogP contribution is -2.29. The van der Waals surface area contributed by atoms with Gasteiger partial charge in [-0.3, -0.25) is 9.40 Å². The van der Waals surface area contributed by atoms with Crippen molar-refractivity contribution in [1.29, 1.82) is 0 Å². The molecule has 6 nitrogen and oxygen atoms in total. The number of hydrogen-bond donors (Lipinski definition) is 1. The fraction of sp³-hybridized carbons (Fsp3) is 0.444. The zero-order valence-corrected chi connectivity index (χ0v) is 10.0. The van der Waals surface area contributed by atoms with E-state index in [1.165, 1.54) is 7.05 Å². The van der Waals surface area contributed by atoms with Gasteiger partial charge in [0.05, 0.1) is 4.75 Å². The Morgan fingerprint density at radius 1 is 1.69 bits per heavy atom. The van der Waals surface area contributed by atoms with Gasteiger partial charge in [0.2, 0.25) is 0 Å². The van der Waals surface area contributed by atoms with E-state index in [-0.39, 0.29) is 4.75 Å². The van der Waals surface area contributed by atoms with Gasteiger partial charge in [-0.05, 0) is 13.8 Å². The van der Waals surface area contributed by atoms with Crippen LogP contribution in [0.3, 0.4) is 0 Å². The Hall–Kier alpha value is -1.50. The molecule has 0 aromatic carbocycles. The van der Waals surface area contributed by atoms with Gasteiger partial charge in [-0.25, -0.2) is 9.78 Å². The molecule has 0 saturated heterocycles. The quantitative estimate of drug-likeness (QED) is 0.593. The van der Waals surface area contributed by atoms with Gasteiger partial charge < -0.3 is 5.32 Å². The molecule has 16 heavy (non-hydrogen) atoms. The highest BCUT2D eigenvalue weighted by Gasteiger charge is 2.38. The van der Waals surface area contributed by atoms with E-state index in [0.717, 1.165) is 5.16 Å². The number of fused-ring (bicyclic) bond motifs is 1. The molecule has 1 N–H and O–H groups in total. The van der Waals surface area contributed by atoms with Crippen molar-refractivity contribution in [2.75, 3.05) is 7.05 Å². The predicted molar refractivity (Wildman–Crippen MR) is 60.5 cm³/mol. The van der Waals surface area contributed by atoms with Crippen LogP contribution in [0, 0.1) is 0 Å². The van der Waals surface area contributed by atoms with Crippen LogP contribution in [0.4, 0.5) is 4.79 Å². The molecule has 1 aliphatic heterocycles. The first-order valence-corrected chi connectivity index (χ1v) is 5.56. The fourth-order valence-electron chi connectivity index (χ4n) is 1.37. The van der Waals surface area contributed by atoms with Crippen LogP contribution in [0.5, 0.6) is 0 Å². The van der Waals surface area contributed by atoms with E-state index in [0.29, 0.717) is 5.84 Å². The van der Waals surface area contributed by atoms with Gasteiger partial charge in [0.25, 0.3) is 0 Å². The maximum atomic E-state index is 11.0. The summed E-state index contributed by atoms with van der Waals surface area (Å²) in [7, 11) is 1.49. The molecule has 86 valence electrons. The number of thioether (sulfide) groups is 1. The highest BCUT2D eigenvalue weighted by atomic mass is 32.2. The van der Waals surface area contributed by atoms with Gasteiger partial charge in [0.1, 0.15) is 0 Å². The first-order valence-electron chi connectivity index (χ1n) is 4.74. The average molecular weight is 240 g/mol. The van der Waals surface area contributed by atoms with Gasteiger partial charge in [0, 0.05) is 19.4 Å². The summed E-state index contributed by atoms with van der Waals surface area (Å²) in [5, 5.41) is 7.05. The summed E-state index contributed by atoms with van der Waals surface area (Å²) in [5.74, 6) is 0.661. The van der Waals surface area contributed by atoms with Gasteiger partial charge >= 0.3 is 6.09 Å². The number of carbonyl (C=O) groups excluding carboxylic acids is 1. The molecule has 2 rings (SSSR count). The number of imidazole rings is 1. The standard InChI is InChI=1S/C9H12N4O2S/c1-9(2)6(12-15-8(14)10-3)13-5-4-11-7(13)16-9/h4-5H,1-3H3,(H,10,14). The maximum Gasteiger partial charge on any atom is 0.433 e. The van der Waals surface area contributed by atoms with Crippen LogP contribution in [0.25, 0.3) is 0 Å². The molecule has 0 atom stereocenters. The molecule has 0 saturated carbocycles. The molecule has 1 aliphatic rings. The summed E-state index contributed by atoms with van der Waals surface area (Å²) in [6.45, 7) is 4.00. The lowest BCUT2D eigenvalue weighted by atomic mass is 10.2. The second-order valence-corrected chi connectivity index (χ2v) is 5.33. The number of amides is 1. The third kappa shape index (κ3) is 1.78. The zero-order valence-electron chi connectivity index (χ0n) is 9.22. The molecule has 7 heteroatoms. The van der Waals surface area contributed by atoms with Gasteiger partial charge in [-0.15, -0.1) is 0 Å². The van der Waals surface area contributed by atoms with Gasteiger partial charge in [0.15, 0.2) is 11.0 Å². The summed E-state index contributed by atoms with van der Waals surface area (Å²) in [6.07, 6.45) is 2.90. The van der Waals surface area contributed by atoms with E-state index in [4.69, 9.17) is 4.84 Å².